The molecule has 0 fully saturated rings. The molecule has 0 heterocycles. The molecule has 104 valence electrons. The Labute approximate surface area is 120 Å². The summed E-state index contributed by atoms with van der Waals surface area (Å²) in [4.78, 5) is 24.1. The van der Waals surface area contributed by atoms with Crippen LogP contribution in [0.15, 0.2) is 59.4 Å². The SMILES string of the molecule is COC(=O)Oc1cccc2ccc3ccccc3c(=O)c12. The van der Waals surface area contributed by atoms with Crippen molar-refractivity contribution in [1.29, 1.82) is 0 Å². The Hall–Kier alpha value is -2.88. The summed E-state index contributed by atoms with van der Waals surface area (Å²) in [6.45, 7) is 0. The predicted octanol–water partition coefficient (Wildman–Crippen LogP) is 3.50. The highest BCUT2D eigenvalue weighted by atomic mass is 16.7. The fourth-order valence-electron chi connectivity index (χ4n) is 2.31. The van der Waals surface area contributed by atoms with Crippen LogP contribution in [0, 0.1) is 0 Å². The van der Waals surface area contributed by atoms with Gasteiger partial charge in [0.2, 0.25) is 0 Å². The molecule has 0 aliphatic carbocycles. The monoisotopic (exact) mass is 280 g/mol. The second-order valence-electron chi connectivity index (χ2n) is 4.53. The van der Waals surface area contributed by atoms with Crippen molar-refractivity contribution in [3.05, 3.63) is 64.8 Å². The van der Waals surface area contributed by atoms with E-state index in [4.69, 9.17) is 4.74 Å². The smallest absolute Gasteiger partial charge is 0.437 e. The molecule has 0 unspecified atom stereocenters. The molecule has 0 atom stereocenters. The highest BCUT2D eigenvalue weighted by Gasteiger charge is 2.11. The number of ether oxygens (including phenoxy) is 2. The average molecular weight is 280 g/mol. The molecule has 3 rings (SSSR count). The number of hydrogen-bond acceptors (Lipinski definition) is 4. The van der Waals surface area contributed by atoms with Crippen molar-refractivity contribution in [2.24, 2.45) is 0 Å². The molecule has 0 N–H and O–H groups in total. The van der Waals surface area contributed by atoms with Crippen molar-refractivity contribution in [3.63, 3.8) is 0 Å². The molecule has 3 aromatic rings. The highest BCUT2D eigenvalue weighted by Crippen LogP contribution is 2.24. The van der Waals surface area contributed by atoms with E-state index in [-0.39, 0.29) is 11.2 Å². The molecule has 0 aromatic heterocycles. The summed E-state index contributed by atoms with van der Waals surface area (Å²) in [5, 5.41) is 2.48. The minimum atomic E-state index is -0.849. The van der Waals surface area contributed by atoms with Gasteiger partial charge in [0.25, 0.3) is 0 Å². The van der Waals surface area contributed by atoms with Gasteiger partial charge in [-0.05, 0) is 16.8 Å². The maximum atomic E-state index is 12.7. The quantitative estimate of drug-likeness (QED) is 0.505. The maximum absolute atomic E-state index is 12.7. The average Bonchev–Trinajstić information content (AvgIpc) is 2.66. The number of benzene rings is 2. The highest BCUT2D eigenvalue weighted by molar-refractivity contribution is 5.96. The van der Waals surface area contributed by atoms with Crippen LogP contribution in [-0.4, -0.2) is 13.3 Å². The van der Waals surface area contributed by atoms with Gasteiger partial charge in [-0.2, -0.15) is 0 Å². The van der Waals surface area contributed by atoms with Gasteiger partial charge >= 0.3 is 6.16 Å². The lowest BCUT2D eigenvalue weighted by Gasteiger charge is -2.04. The van der Waals surface area contributed by atoms with Crippen molar-refractivity contribution in [2.45, 2.75) is 0 Å². The molecule has 0 amide bonds. The normalized spacial score (nSPS) is 10.5. The molecular formula is C17H12O4. The maximum Gasteiger partial charge on any atom is 0.513 e. The Bertz CT molecular complexity index is 900. The van der Waals surface area contributed by atoms with E-state index in [2.05, 4.69) is 4.74 Å². The summed E-state index contributed by atoms with van der Waals surface area (Å²) in [6.07, 6.45) is -0.849. The summed E-state index contributed by atoms with van der Waals surface area (Å²) >= 11 is 0. The van der Waals surface area contributed by atoms with Crippen LogP contribution < -0.4 is 10.2 Å². The van der Waals surface area contributed by atoms with E-state index >= 15 is 0 Å². The van der Waals surface area contributed by atoms with E-state index in [1.54, 1.807) is 30.3 Å². The third-order valence-corrected chi connectivity index (χ3v) is 3.29. The van der Waals surface area contributed by atoms with Gasteiger partial charge in [0.15, 0.2) is 5.43 Å². The summed E-state index contributed by atoms with van der Waals surface area (Å²) in [7, 11) is 1.22. The lowest BCUT2D eigenvalue weighted by molar-refractivity contribution is 0.122. The Kier molecular flexibility index (Phi) is 3.28. The van der Waals surface area contributed by atoms with Crippen LogP contribution in [0.4, 0.5) is 4.79 Å². The molecule has 0 radical (unpaired) electrons. The van der Waals surface area contributed by atoms with Crippen molar-refractivity contribution < 1.29 is 14.3 Å². The largest absolute Gasteiger partial charge is 0.513 e. The summed E-state index contributed by atoms with van der Waals surface area (Å²) < 4.78 is 9.58. The van der Waals surface area contributed by atoms with Crippen molar-refractivity contribution in [1.82, 2.24) is 0 Å². The summed E-state index contributed by atoms with van der Waals surface area (Å²) in [5.41, 5.74) is -0.176. The fourth-order valence-corrected chi connectivity index (χ4v) is 2.31. The molecular weight excluding hydrogens is 268 g/mol. The molecule has 4 heteroatoms. The minimum absolute atomic E-state index is 0.176. The van der Waals surface area contributed by atoms with Gasteiger partial charge in [0.05, 0.1) is 12.5 Å². The van der Waals surface area contributed by atoms with E-state index in [0.29, 0.717) is 16.2 Å². The summed E-state index contributed by atoms with van der Waals surface area (Å²) in [6, 6.07) is 16.1. The second kappa shape index (κ2) is 5.25. The zero-order valence-electron chi connectivity index (χ0n) is 11.3. The molecule has 0 saturated heterocycles. The van der Waals surface area contributed by atoms with Gasteiger partial charge in [0.1, 0.15) is 5.75 Å². The first kappa shape index (κ1) is 13.1. The third-order valence-electron chi connectivity index (χ3n) is 3.29. The van der Waals surface area contributed by atoms with E-state index in [1.807, 2.05) is 24.3 Å². The molecule has 0 saturated carbocycles. The summed E-state index contributed by atoms with van der Waals surface area (Å²) in [5.74, 6) is 0.200. The van der Waals surface area contributed by atoms with Gasteiger partial charge in [-0.15, -0.1) is 0 Å². The molecule has 0 spiro atoms. The van der Waals surface area contributed by atoms with E-state index in [9.17, 15) is 9.59 Å². The zero-order valence-corrected chi connectivity index (χ0v) is 11.3. The van der Waals surface area contributed by atoms with Crippen LogP contribution in [0.2, 0.25) is 0 Å². The molecule has 0 bridgehead atoms. The number of carbonyl (C=O) groups excluding carboxylic acids is 1. The number of rotatable bonds is 1. The molecule has 3 aromatic carbocycles. The van der Waals surface area contributed by atoms with Crippen molar-refractivity contribution in [3.8, 4) is 5.75 Å². The molecule has 21 heavy (non-hydrogen) atoms. The Balaban J connectivity index is 2.42. The van der Waals surface area contributed by atoms with E-state index < -0.39 is 6.16 Å². The van der Waals surface area contributed by atoms with E-state index in [0.717, 1.165) is 5.39 Å². The van der Waals surface area contributed by atoms with Crippen LogP contribution in [0.25, 0.3) is 21.5 Å². The third kappa shape index (κ3) is 2.31. The number of carbonyl (C=O) groups is 1. The van der Waals surface area contributed by atoms with E-state index in [1.165, 1.54) is 7.11 Å². The standard InChI is InChI=1S/C17H12O4/c1-20-17(19)21-14-8-4-6-12-10-9-11-5-2-3-7-13(11)16(18)15(12)14/h2-10H,1H3. The van der Waals surface area contributed by atoms with Gasteiger partial charge < -0.3 is 9.47 Å². The van der Waals surface area contributed by atoms with Crippen LogP contribution in [0.5, 0.6) is 5.75 Å². The van der Waals surface area contributed by atoms with Gasteiger partial charge in [-0.1, -0.05) is 48.5 Å². The lowest BCUT2D eigenvalue weighted by atomic mass is 10.1. The van der Waals surface area contributed by atoms with Gasteiger partial charge in [-0.25, -0.2) is 4.79 Å². The van der Waals surface area contributed by atoms with Crippen LogP contribution in [0.1, 0.15) is 0 Å². The first-order valence-electron chi connectivity index (χ1n) is 6.41. The first-order valence-corrected chi connectivity index (χ1v) is 6.41. The second-order valence-corrected chi connectivity index (χ2v) is 4.53. The molecule has 0 aliphatic rings. The first-order chi connectivity index (χ1) is 10.2. The van der Waals surface area contributed by atoms with Crippen LogP contribution >= 0.6 is 0 Å². The van der Waals surface area contributed by atoms with Gasteiger partial charge in [-0.3, -0.25) is 4.79 Å². The minimum Gasteiger partial charge on any atom is -0.437 e. The van der Waals surface area contributed by atoms with Crippen LogP contribution in [0.3, 0.4) is 0 Å². The number of fused-ring (bicyclic) bond motifs is 2. The number of hydrogen-bond donors (Lipinski definition) is 0. The Morgan fingerprint density at radius 1 is 0.905 bits per heavy atom. The molecule has 0 aliphatic heterocycles. The van der Waals surface area contributed by atoms with Crippen molar-refractivity contribution in [2.75, 3.05) is 7.11 Å². The Morgan fingerprint density at radius 2 is 1.62 bits per heavy atom. The van der Waals surface area contributed by atoms with Gasteiger partial charge in [0, 0.05) is 5.39 Å². The fraction of sp³-hybridized carbons (Fsp3) is 0.0588. The lowest BCUT2D eigenvalue weighted by Crippen LogP contribution is -2.09. The predicted molar refractivity (Wildman–Crippen MR) is 80.8 cm³/mol. The Morgan fingerprint density at radius 3 is 2.43 bits per heavy atom. The molecule has 4 nitrogen and oxygen atoms in total. The number of methoxy groups -OCH3 is 1. The topological polar surface area (TPSA) is 52.6 Å². The van der Waals surface area contributed by atoms with Crippen LogP contribution in [-0.2, 0) is 4.74 Å². The van der Waals surface area contributed by atoms with Crippen molar-refractivity contribution >= 4 is 27.7 Å². The zero-order chi connectivity index (χ0) is 14.8.